The van der Waals surface area contributed by atoms with Gasteiger partial charge >= 0.3 is 5.97 Å². The van der Waals surface area contributed by atoms with Crippen LogP contribution in [0, 0.1) is 0 Å². The van der Waals surface area contributed by atoms with E-state index in [0.717, 1.165) is 24.3 Å². The molecule has 0 unspecified atom stereocenters. The zero-order valence-electron chi connectivity index (χ0n) is 15.5. The van der Waals surface area contributed by atoms with E-state index in [2.05, 4.69) is 11.0 Å². The predicted molar refractivity (Wildman–Crippen MR) is 102 cm³/mol. The minimum absolute atomic E-state index is 0.0237. The first-order valence-corrected chi connectivity index (χ1v) is 9.32. The number of carboxylic acids is 1. The van der Waals surface area contributed by atoms with Gasteiger partial charge in [0.2, 0.25) is 0 Å². The minimum Gasteiger partial charge on any atom is -0.493 e. The lowest BCUT2D eigenvalue weighted by molar-refractivity contribution is -0.137. The number of ether oxygens (including phenoxy) is 2. The van der Waals surface area contributed by atoms with Gasteiger partial charge in [-0.1, -0.05) is 18.2 Å². The monoisotopic (exact) mass is 380 g/mol. The van der Waals surface area contributed by atoms with Crippen LogP contribution in [-0.4, -0.2) is 42.9 Å². The molecule has 1 fully saturated rings. The van der Waals surface area contributed by atoms with E-state index in [1.165, 1.54) is 12.7 Å². The first-order valence-electron chi connectivity index (χ1n) is 9.32. The predicted octanol–water partition coefficient (Wildman–Crippen LogP) is 2.67. The largest absolute Gasteiger partial charge is 0.493 e. The molecule has 28 heavy (non-hydrogen) atoms. The van der Waals surface area contributed by atoms with Gasteiger partial charge in [0.05, 0.1) is 31.5 Å². The van der Waals surface area contributed by atoms with Crippen molar-refractivity contribution in [3.8, 4) is 11.5 Å². The molecule has 3 heterocycles. The Balaban J connectivity index is 1.49. The van der Waals surface area contributed by atoms with E-state index in [9.17, 15) is 9.59 Å². The number of para-hydroxylation sites is 1. The van der Waals surface area contributed by atoms with Gasteiger partial charge in [0.25, 0.3) is 5.91 Å². The Morgan fingerprint density at radius 2 is 2.04 bits per heavy atom. The summed E-state index contributed by atoms with van der Waals surface area (Å²) in [7, 11) is 1.53. The molecule has 1 N–H and O–H groups in total. The fourth-order valence-corrected chi connectivity index (χ4v) is 4.40. The van der Waals surface area contributed by atoms with E-state index in [0.29, 0.717) is 23.5 Å². The summed E-state index contributed by atoms with van der Waals surface area (Å²) in [5, 5.41) is 8.77. The van der Waals surface area contributed by atoms with Crippen molar-refractivity contribution in [1.29, 1.82) is 0 Å². The summed E-state index contributed by atoms with van der Waals surface area (Å²) in [6, 6.07) is 11.6. The zero-order valence-corrected chi connectivity index (χ0v) is 15.5. The molecule has 0 saturated carbocycles. The number of rotatable bonds is 6. The number of amides is 1. The van der Waals surface area contributed by atoms with Gasteiger partial charge in [-0.05, 0) is 24.1 Å². The normalized spacial score (nSPS) is 20.8. The van der Waals surface area contributed by atoms with E-state index in [1.807, 2.05) is 29.2 Å². The molecule has 5 rings (SSSR count). The van der Waals surface area contributed by atoms with E-state index in [4.69, 9.17) is 14.6 Å². The van der Waals surface area contributed by atoms with Crippen molar-refractivity contribution in [3.63, 3.8) is 0 Å². The highest BCUT2D eigenvalue weighted by Crippen LogP contribution is 2.57. The van der Waals surface area contributed by atoms with E-state index < -0.39 is 5.97 Å². The number of aliphatic carboxylic acids is 1. The van der Waals surface area contributed by atoms with E-state index in [1.54, 1.807) is 6.07 Å². The maximum Gasteiger partial charge on any atom is 0.303 e. The number of fused-ring (bicyclic) bond motifs is 4. The summed E-state index contributed by atoms with van der Waals surface area (Å²) in [5.41, 5.74) is 3.31. The SMILES string of the molecule is COc1cc2c(cc1OCCCC(=O)O)N1C[C@@]13Cc1ccccc1N3C2=O. The first kappa shape index (κ1) is 16.9. The molecule has 1 atom stereocenters. The lowest BCUT2D eigenvalue weighted by Crippen LogP contribution is -2.47. The number of hydrogen-bond acceptors (Lipinski definition) is 5. The Bertz CT molecular complexity index is 1000. The second-order valence-corrected chi connectivity index (χ2v) is 7.38. The Morgan fingerprint density at radius 1 is 1.21 bits per heavy atom. The van der Waals surface area contributed by atoms with Gasteiger partial charge in [-0.2, -0.15) is 0 Å². The molecule has 3 aliphatic heterocycles. The van der Waals surface area contributed by atoms with Crippen LogP contribution in [0.3, 0.4) is 0 Å². The van der Waals surface area contributed by atoms with Gasteiger partial charge in [0, 0.05) is 24.6 Å². The maximum absolute atomic E-state index is 13.3. The number of methoxy groups -OCH3 is 1. The van der Waals surface area contributed by atoms with Crippen molar-refractivity contribution in [2.75, 3.05) is 30.1 Å². The van der Waals surface area contributed by atoms with Crippen LogP contribution in [-0.2, 0) is 11.2 Å². The van der Waals surface area contributed by atoms with Gasteiger partial charge in [0.15, 0.2) is 11.5 Å². The number of carboxylic acid groups (broad SMARTS) is 1. The molecule has 2 aromatic carbocycles. The molecule has 7 nitrogen and oxygen atoms in total. The van der Waals surface area contributed by atoms with E-state index >= 15 is 0 Å². The Morgan fingerprint density at radius 3 is 2.82 bits per heavy atom. The van der Waals surface area contributed by atoms with Gasteiger partial charge in [-0.15, -0.1) is 0 Å². The van der Waals surface area contributed by atoms with Gasteiger partial charge in [-0.25, -0.2) is 0 Å². The summed E-state index contributed by atoms with van der Waals surface area (Å²) in [6.45, 7) is 1.06. The Hall–Kier alpha value is -3.22. The second kappa shape index (κ2) is 5.89. The van der Waals surface area contributed by atoms with Crippen LogP contribution < -0.4 is 19.3 Å². The third-order valence-electron chi connectivity index (χ3n) is 5.73. The number of anilines is 2. The highest BCUT2D eigenvalue weighted by molar-refractivity contribution is 6.16. The topological polar surface area (TPSA) is 79.1 Å². The van der Waals surface area contributed by atoms with Crippen LogP contribution in [0.2, 0.25) is 0 Å². The van der Waals surface area contributed by atoms with Crippen LogP contribution in [0.15, 0.2) is 36.4 Å². The number of hydrogen-bond donors (Lipinski definition) is 1. The molecular weight excluding hydrogens is 360 g/mol. The van der Waals surface area contributed by atoms with Crippen LogP contribution in [0.25, 0.3) is 0 Å². The molecule has 144 valence electrons. The lowest BCUT2D eigenvalue weighted by atomic mass is 10.1. The molecule has 1 spiro atoms. The van der Waals surface area contributed by atoms with Crippen molar-refractivity contribution < 1.29 is 24.2 Å². The van der Waals surface area contributed by atoms with Crippen LogP contribution in [0.4, 0.5) is 11.4 Å². The summed E-state index contributed by atoms with van der Waals surface area (Å²) in [6.07, 6.45) is 1.27. The van der Waals surface area contributed by atoms with Crippen molar-refractivity contribution in [2.45, 2.75) is 24.9 Å². The highest BCUT2D eigenvalue weighted by atomic mass is 16.5. The number of carbonyl (C=O) groups is 2. The maximum atomic E-state index is 13.3. The van der Waals surface area contributed by atoms with Crippen molar-refractivity contribution in [3.05, 3.63) is 47.5 Å². The molecule has 1 amide bonds. The molecule has 1 saturated heterocycles. The minimum atomic E-state index is -0.849. The number of carbonyl (C=O) groups excluding carboxylic acids is 1. The average molecular weight is 380 g/mol. The van der Waals surface area contributed by atoms with Crippen LogP contribution >= 0.6 is 0 Å². The van der Waals surface area contributed by atoms with Crippen molar-refractivity contribution >= 4 is 23.3 Å². The highest BCUT2D eigenvalue weighted by Gasteiger charge is 2.65. The van der Waals surface area contributed by atoms with Gasteiger partial charge in [-0.3, -0.25) is 14.5 Å². The zero-order chi connectivity index (χ0) is 19.5. The molecule has 0 aliphatic carbocycles. The molecule has 7 heteroatoms. The van der Waals surface area contributed by atoms with Crippen molar-refractivity contribution in [2.24, 2.45) is 0 Å². The Kier molecular flexibility index (Phi) is 3.56. The number of nitrogens with zero attached hydrogens (tertiary/aromatic N) is 2. The van der Waals surface area contributed by atoms with Gasteiger partial charge in [0.1, 0.15) is 5.66 Å². The summed E-state index contributed by atoms with van der Waals surface area (Å²) in [5.74, 6) is 0.137. The smallest absolute Gasteiger partial charge is 0.303 e. The molecule has 0 bridgehead atoms. The van der Waals surface area contributed by atoms with Crippen molar-refractivity contribution in [1.82, 2.24) is 0 Å². The Labute approximate surface area is 162 Å². The fourth-order valence-electron chi connectivity index (χ4n) is 4.40. The summed E-state index contributed by atoms with van der Waals surface area (Å²) >= 11 is 0. The third-order valence-corrected chi connectivity index (χ3v) is 5.73. The van der Waals surface area contributed by atoms with E-state index in [-0.39, 0.29) is 24.6 Å². The van der Waals surface area contributed by atoms with Gasteiger partial charge < -0.3 is 19.5 Å². The standard InChI is InChI=1S/C21H20N2O5/c1-27-17-9-14-16(10-18(17)28-8-4-7-19(24)25)22-12-21(22)11-13-5-2-3-6-15(13)23(21)20(14)26/h2-3,5-6,9-10H,4,7-8,11-12H2,1H3,(H,24,25)/t21-,22?/m0/s1. The van der Waals surface area contributed by atoms with Crippen LogP contribution in [0.1, 0.15) is 28.8 Å². The molecule has 3 aliphatic rings. The molecular formula is C21H20N2O5. The average Bonchev–Trinajstić information content (AvgIpc) is 3.29. The lowest BCUT2D eigenvalue weighted by Gasteiger charge is -2.32. The summed E-state index contributed by atoms with van der Waals surface area (Å²) in [4.78, 5) is 28.2. The molecule has 2 aromatic rings. The molecule has 0 aromatic heterocycles. The number of benzene rings is 2. The third kappa shape index (κ3) is 2.28. The summed E-state index contributed by atoms with van der Waals surface area (Å²) < 4.78 is 11.2. The second-order valence-electron chi connectivity index (χ2n) is 7.38. The quantitative estimate of drug-likeness (QED) is 0.613. The fraction of sp³-hybridized carbons (Fsp3) is 0.333. The first-order chi connectivity index (χ1) is 13.5. The molecule has 0 radical (unpaired) electrons. The van der Waals surface area contributed by atoms with Crippen LogP contribution in [0.5, 0.6) is 11.5 Å².